The quantitative estimate of drug-likeness (QED) is 0.478. The van der Waals surface area contributed by atoms with Gasteiger partial charge in [0.05, 0.1) is 11.9 Å². The minimum absolute atomic E-state index is 0.405. The number of rotatable bonds is 2. The Balaban J connectivity index is 2.44. The van der Waals surface area contributed by atoms with Crippen molar-refractivity contribution in [3.63, 3.8) is 0 Å². The maximum absolute atomic E-state index is 5.74. The van der Waals surface area contributed by atoms with Crippen molar-refractivity contribution in [2.75, 3.05) is 0 Å². The fraction of sp³-hybridized carbons (Fsp3) is 0.889. The minimum Gasteiger partial charge on any atom is -0.387 e. The number of hydrogen-bond donors (Lipinski definition) is 1. The summed E-state index contributed by atoms with van der Waals surface area (Å²) >= 11 is 0. The van der Waals surface area contributed by atoms with Crippen LogP contribution in [-0.2, 0) is 0 Å². The summed E-state index contributed by atoms with van der Waals surface area (Å²) in [5, 5.41) is 0. The average molecular weight is 154 g/mol. The van der Waals surface area contributed by atoms with Crippen molar-refractivity contribution in [2.24, 2.45) is 22.6 Å². The van der Waals surface area contributed by atoms with Gasteiger partial charge in [0, 0.05) is 5.92 Å². The summed E-state index contributed by atoms with van der Waals surface area (Å²) in [6.45, 7) is 6.41. The Bertz CT molecular complexity index is 161. The summed E-state index contributed by atoms with van der Waals surface area (Å²) in [4.78, 5) is 4.46. The van der Waals surface area contributed by atoms with Crippen LogP contribution >= 0.6 is 0 Å². The minimum atomic E-state index is 0.405. The summed E-state index contributed by atoms with van der Waals surface area (Å²) in [6.07, 6.45) is 2.55. The third-order valence-corrected chi connectivity index (χ3v) is 2.48. The van der Waals surface area contributed by atoms with Gasteiger partial charge in [-0.25, -0.2) is 0 Å². The van der Waals surface area contributed by atoms with E-state index < -0.39 is 0 Å². The lowest BCUT2D eigenvalue weighted by Gasteiger charge is -2.30. The molecule has 2 unspecified atom stereocenters. The molecule has 2 N–H and O–H groups in total. The summed E-state index contributed by atoms with van der Waals surface area (Å²) in [7, 11) is 0. The highest BCUT2D eigenvalue weighted by Gasteiger charge is 2.26. The van der Waals surface area contributed by atoms with Gasteiger partial charge in [-0.1, -0.05) is 20.8 Å². The molecule has 1 rings (SSSR count). The van der Waals surface area contributed by atoms with E-state index in [0.717, 1.165) is 11.8 Å². The van der Waals surface area contributed by atoms with E-state index in [1.165, 1.54) is 12.8 Å². The van der Waals surface area contributed by atoms with Crippen LogP contribution in [-0.4, -0.2) is 11.9 Å². The van der Waals surface area contributed by atoms with E-state index in [1.54, 1.807) is 0 Å². The van der Waals surface area contributed by atoms with E-state index in [0.29, 0.717) is 12.0 Å². The van der Waals surface area contributed by atoms with Gasteiger partial charge in [-0.05, 0) is 18.8 Å². The molecule has 0 aromatic rings. The van der Waals surface area contributed by atoms with Crippen LogP contribution in [0.1, 0.15) is 33.6 Å². The Labute approximate surface area is 68.9 Å². The molecule has 0 saturated heterocycles. The molecule has 1 saturated carbocycles. The molecule has 0 spiro atoms. The standard InChI is InChI=1S/C9H18N2/c1-6(2)9(10)11-8-5-4-7(8)3/h6-8H,4-5H2,1-3H3,(H2,10,11). The third-order valence-electron chi connectivity index (χ3n) is 2.48. The van der Waals surface area contributed by atoms with Gasteiger partial charge in [0.1, 0.15) is 0 Å². The highest BCUT2D eigenvalue weighted by Crippen LogP contribution is 2.29. The lowest BCUT2D eigenvalue weighted by atomic mass is 9.81. The predicted octanol–water partition coefficient (Wildman–Crippen LogP) is 1.80. The maximum Gasteiger partial charge on any atom is 0.0966 e. The highest BCUT2D eigenvalue weighted by atomic mass is 14.9. The van der Waals surface area contributed by atoms with Crippen molar-refractivity contribution in [3.8, 4) is 0 Å². The lowest BCUT2D eigenvalue weighted by Crippen LogP contribution is -2.31. The van der Waals surface area contributed by atoms with Gasteiger partial charge in [-0.15, -0.1) is 0 Å². The SMILES string of the molecule is CC(C)C(N)=NC1CCC1C. The van der Waals surface area contributed by atoms with Crippen molar-refractivity contribution >= 4 is 5.84 Å². The Morgan fingerprint density at radius 2 is 2.09 bits per heavy atom. The van der Waals surface area contributed by atoms with Crippen molar-refractivity contribution in [2.45, 2.75) is 39.7 Å². The van der Waals surface area contributed by atoms with Crippen LogP contribution in [0.2, 0.25) is 0 Å². The van der Waals surface area contributed by atoms with Gasteiger partial charge < -0.3 is 5.73 Å². The van der Waals surface area contributed by atoms with Crippen LogP contribution < -0.4 is 5.73 Å². The zero-order valence-electron chi connectivity index (χ0n) is 7.67. The Morgan fingerprint density at radius 3 is 2.36 bits per heavy atom. The van der Waals surface area contributed by atoms with Gasteiger partial charge in [0.15, 0.2) is 0 Å². The second-order valence-electron chi connectivity index (χ2n) is 3.83. The van der Waals surface area contributed by atoms with Crippen LogP contribution in [0.5, 0.6) is 0 Å². The normalized spacial score (nSPS) is 32.2. The largest absolute Gasteiger partial charge is 0.387 e. The molecule has 11 heavy (non-hydrogen) atoms. The Morgan fingerprint density at radius 1 is 1.45 bits per heavy atom. The van der Waals surface area contributed by atoms with Crippen LogP contribution in [0.25, 0.3) is 0 Å². The summed E-state index contributed by atoms with van der Waals surface area (Å²) in [5.74, 6) is 1.98. The second kappa shape index (κ2) is 3.24. The number of amidine groups is 1. The van der Waals surface area contributed by atoms with E-state index in [2.05, 4.69) is 25.8 Å². The van der Waals surface area contributed by atoms with E-state index in [4.69, 9.17) is 5.73 Å². The molecule has 0 aromatic carbocycles. The first-order chi connectivity index (χ1) is 5.11. The molecule has 2 atom stereocenters. The molecule has 0 aromatic heterocycles. The molecule has 1 aliphatic carbocycles. The van der Waals surface area contributed by atoms with E-state index in [1.807, 2.05) is 0 Å². The van der Waals surface area contributed by atoms with Crippen LogP contribution in [0.4, 0.5) is 0 Å². The Kier molecular flexibility index (Phi) is 2.53. The molecular weight excluding hydrogens is 136 g/mol. The first-order valence-electron chi connectivity index (χ1n) is 4.44. The van der Waals surface area contributed by atoms with Crippen molar-refractivity contribution < 1.29 is 0 Å². The van der Waals surface area contributed by atoms with Gasteiger partial charge in [0.25, 0.3) is 0 Å². The van der Waals surface area contributed by atoms with Crippen molar-refractivity contribution in [3.05, 3.63) is 0 Å². The van der Waals surface area contributed by atoms with Gasteiger partial charge >= 0.3 is 0 Å². The summed E-state index contributed by atoms with van der Waals surface area (Å²) in [6, 6.07) is 0.525. The van der Waals surface area contributed by atoms with E-state index in [-0.39, 0.29) is 0 Å². The fourth-order valence-corrected chi connectivity index (χ4v) is 1.18. The van der Waals surface area contributed by atoms with Crippen LogP contribution in [0, 0.1) is 11.8 Å². The number of aliphatic imine (C=N–C) groups is 1. The molecule has 2 nitrogen and oxygen atoms in total. The van der Waals surface area contributed by atoms with Gasteiger partial charge in [-0.3, -0.25) is 4.99 Å². The molecule has 0 amide bonds. The third kappa shape index (κ3) is 1.95. The topological polar surface area (TPSA) is 38.4 Å². The molecular formula is C9H18N2. The molecule has 1 fully saturated rings. The van der Waals surface area contributed by atoms with E-state index in [9.17, 15) is 0 Å². The average Bonchev–Trinajstić information content (AvgIpc) is 1.96. The predicted molar refractivity (Wildman–Crippen MR) is 48.6 cm³/mol. The smallest absolute Gasteiger partial charge is 0.0966 e. The van der Waals surface area contributed by atoms with Crippen LogP contribution in [0.3, 0.4) is 0 Å². The first kappa shape index (κ1) is 8.57. The molecule has 2 heteroatoms. The number of hydrogen-bond acceptors (Lipinski definition) is 1. The van der Waals surface area contributed by atoms with Gasteiger partial charge in [-0.2, -0.15) is 0 Å². The number of nitrogens with two attached hydrogens (primary N) is 1. The first-order valence-corrected chi connectivity index (χ1v) is 4.44. The van der Waals surface area contributed by atoms with Crippen molar-refractivity contribution in [1.29, 1.82) is 0 Å². The van der Waals surface area contributed by atoms with E-state index >= 15 is 0 Å². The molecule has 64 valence electrons. The summed E-state index contributed by atoms with van der Waals surface area (Å²) < 4.78 is 0. The number of nitrogens with zero attached hydrogens (tertiary/aromatic N) is 1. The molecule has 0 radical (unpaired) electrons. The zero-order chi connectivity index (χ0) is 8.43. The molecule has 1 aliphatic rings. The second-order valence-corrected chi connectivity index (χ2v) is 3.83. The maximum atomic E-state index is 5.74. The molecule has 0 heterocycles. The monoisotopic (exact) mass is 154 g/mol. The van der Waals surface area contributed by atoms with Gasteiger partial charge in [0.2, 0.25) is 0 Å². The molecule has 0 aliphatic heterocycles. The summed E-state index contributed by atoms with van der Waals surface area (Å²) in [5.41, 5.74) is 5.74. The van der Waals surface area contributed by atoms with Crippen LogP contribution in [0.15, 0.2) is 4.99 Å². The highest BCUT2D eigenvalue weighted by molar-refractivity contribution is 5.82. The Hall–Kier alpha value is -0.530. The van der Waals surface area contributed by atoms with Crippen molar-refractivity contribution in [1.82, 2.24) is 0 Å². The lowest BCUT2D eigenvalue weighted by molar-refractivity contribution is 0.283. The fourth-order valence-electron chi connectivity index (χ4n) is 1.18. The molecule has 0 bridgehead atoms. The zero-order valence-corrected chi connectivity index (χ0v) is 7.67.